The highest BCUT2D eigenvalue weighted by Crippen LogP contribution is 2.21. The summed E-state index contributed by atoms with van der Waals surface area (Å²) in [6.45, 7) is 2.07. The van der Waals surface area contributed by atoms with Gasteiger partial charge in [-0.1, -0.05) is 42.5 Å². The van der Waals surface area contributed by atoms with E-state index in [1.54, 1.807) is 17.4 Å². The van der Waals surface area contributed by atoms with Crippen molar-refractivity contribution in [2.24, 2.45) is 0 Å². The molecule has 0 aliphatic heterocycles. The predicted octanol–water partition coefficient (Wildman–Crippen LogP) is 4.86. The second-order valence-electron chi connectivity index (χ2n) is 4.85. The van der Waals surface area contributed by atoms with Crippen LogP contribution in [0.25, 0.3) is 17.7 Å². The third-order valence-corrected chi connectivity index (χ3v) is 4.24. The van der Waals surface area contributed by atoms with E-state index in [0.717, 1.165) is 5.56 Å². The van der Waals surface area contributed by atoms with Crippen LogP contribution in [0.15, 0.2) is 54.1 Å². The van der Waals surface area contributed by atoms with Gasteiger partial charge in [0.25, 0.3) is 0 Å². The lowest BCUT2D eigenvalue weighted by Gasteiger charge is -2.06. The summed E-state index contributed by atoms with van der Waals surface area (Å²) in [5, 5.41) is 11.4. The first-order chi connectivity index (χ1) is 11.1. The van der Waals surface area contributed by atoms with Crippen molar-refractivity contribution in [3.8, 4) is 0 Å². The molecule has 23 heavy (non-hydrogen) atoms. The van der Waals surface area contributed by atoms with E-state index in [-0.39, 0.29) is 5.57 Å². The fourth-order valence-electron chi connectivity index (χ4n) is 2.09. The van der Waals surface area contributed by atoms with Gasteiger partial charge in [-0.15, -0.1) is 11.3 Å². The van der Waals surface area contributed by atoms with Crippen LogP contribution in [0.1, 0.15) is 21.6 Å². The number of thiophene rings is 1. The highest BCUT2D eigenvalue weighted by atomic mass is 32.1. The number of hydrogen-bond acceptors (Lipinski definition) is 3. The lowest BCUT2D eigenvalue weighted by atomic mass is 10.00. The smallest absolute Gasteiger partial charge is 0.339 e. The molecule has 2 aromatic rings. The Morgan fingerprint density at radius 3 is 2.57 bits per heavy atom. The molecular formula is C19H18O3S. The van der Waals surface area contributed by atoms with Crippen molar-refractivity contribution >= 4 is 35.0 Å². The molecule has 0 saturated heterocycles. The number of hydrogen-bond donors (Lipinski definition) is 1. The SMILES string of the molecule is CO/C=C(/C(=O)O)c1ccccc1C=C/C=C/c1sccc1C. The van der Waals surface area contributed by atoms with Gasteiger partial charge in [0.2, 0.25) is 0 Å². The predicted molar refractivity (Wildman–Crippen MR) is 96.2 cm³/mol. The van der Waals surface area contributed by atoms with E-state index in [9.17, 15) is 9.90 Å². The molecule has 3 nitrogen and oxygen atoms in total. The maximum atomic E-state index is 11.4. The number of benzene rings is 1. The summed E-state index contributed by atoms with van der Waals surface area (Å²) in [5.74, 6) is -1.02. The van der Waals surface area contributed by atoms with Gasteiger partial charge in [0.05, 0.1) is 13.4 Å². The minimum Gasteiger partial charge on any atom is -0.503 e. The normalized spacial score (nSPS) is 12.2. The highest BCUT2D eigenvalue weighted by Gasteiger charge is 2.13. The molecule has 0 saturated carbocycles. The Labute approximate surface area is 139 Å². The Bertz CT molecular complexity index is 766. The highest BCUT2D eigenvalue weighted by molar-refractivity contribution is 7.11. The second-order valence-corrected chi connectivity index (χ2v) is 5.79. The second kappa shape index (κ2) is 8.15. The summed E-state index contributed by atoms with van der Waals surface area (Å²) in [7, 11) is 1.44. The Kier molecular flexibility index (Phi) is 5.94. The summed E-state index contributed by atoms with van der Waals surface area (Å²) < 4.78 is 4.88. The lowest BCUT2D eigenvalue weighted by molar-refractivity contribution is -0.130. The van der Waals surface area contributed by atoms with Gasteiger partial charge in [-0.05, 0) is 41.1 Å². The van der Waals surface area contributed by atoms with Crippen molar-refractivity contribution in [2.45, 2.75) is 6.92 Å². The third-order valence-electron chi connectivity index (χ3n) is 3.25. The van der Waals surface area contributed by atoms with E-state index in [2.05, 4.69) is 18.4 Å². The van der Waals surface area contributed by atoms with Gasteiger partial charge in [0, 0.05) is 4.88 Å². The summed E-state index contributed by atoms with van der Waals surface area (Å²) >= 11 is 1.69. The molecule has 0 radical (unpaired) electrons. The van der Waals surface area contributed by atoms with Crippen LogP contribution in [0.5, 0.6) is 0 Å². The monoisotopic (exact) mass is 326 g/mol. The third kappa shape index (κ3) is 4.44. The number of carbonyl (C=O) groups is 1. The van der Waals surface area contributed by atoms with Crippen LogP contribution < -0.4 is 0 Å². The standard InChI is InChI=1S/C19H18O3S/c1-14-11-12-23-18(14)10-6-4-8-15-7-3-5-9-16(15)17(13-22-2)19(20)21/h3-13H,1-2H3,(H,20,21)/b8-4?,10-6+,17-13+. The fraction of sp³-hybridized carbons (Fsp3) is 0.105. The first-order valence-corrected chi connectivity index (χ1v) is 7.96. The van der Waals surface area contributed by atoms with Crippen LogP contribution in [-0.2, 0) is 9.53 Å². The Morgan fingerprint density at radius 2 is 1.91 bits per heavy atom. The number of carboxylic acid groups (broad SMARTS) is 1. The molecule has 4 heteroatoms. The molecule has 1 N–H and O–H groups in total. The molecule has 0 atom stereocenters. The van der Waals surface area contributed by atoms with Gasteiger partial charge in [-0.3, -0.25) is 0 Å². The number of carboxylic acids is 1. The average molecular weight is 326 g/mol. The molecule has 0 spiro atoms. The minimum atomic E-state index is -1.02. The van der Waals surface area contributed by atoms with E-state index in [1.165, 1.54) is 23.8 Å². The van der Waals surface area contributed by atoms with Crippen LogP contribution in [0.3, 0.4) is 0 Å². The Hall–Kier alpha value is -2.59. The zero-order valence-corrected chi connectivity index (χ0v) is 13.8. The van der Waals surface area contributed by atoms with E-state index >= 15 is 0 Å². The van der Waals surface area contributed by atoms with Gasteiger partial charge in [0.15, 0.2) is 0 Å². The number of methoxy groups -OCH3 is 1. The van der Waals surface area contributed by atoms with Crippen LogP contribution in [0.4, 0.5) is 0 Å². The average Bonchev–Trinajstić information content (AvgIpc) is 2.95. The van der Waals surface area contributed by atoms with Gasteiger partial charge in [-0.2, -0.15) is 0 Å². The number of allylic oxidation sites excluding steroid dienone is 2. The van der Waals surface area contributed by atoms with Gasteiger partial charge < -0.3 is 9.84 Å². The molecule has 1 heterocycles. The maximum Gasteiger partial charge on any atom is 0.339 e. The van der Waals surface area contributed by atoms with Gasteiger partial charge in [0.1, 0.15) is 5.57 Å². The van der Waals surface area contributed by atoms with E-state index in [1.807, 2.05) is 42.5 Å². The lowest BCUT2D eigenvalue weighted by Crippen LogP contribution is -2.02. The molecule has 2 rings (SSSR count). The van der Waals surface area contributed by atoms with Gasteiger partial charge in [-0.25, -0.2) is 4.79 Å². The first-order valence-electron chi connectivity index (χ1n) is 7.08. The summed E-state index contributed by atoms with van der Waals surface area (Å²) in [4.78, 5) is 12.6. The maximum absolute atomic E-state index is 11.4. The first kappa shape index (κ1) is 16.8. The molecule has 0 unspecified atom stereocenters. The molecule has 1 aromatic carbocycles. The molecule has 118 valence electrons. The Morgan fingerprint density at radius 1 is 1.17 bits per heavy atom. The molecule has 0 fully saturated rings. The molecule has 0 aliphatic carbocycles. The quantitative estimate of drug-likeness (QED) is 0.469. The van der Waals surface area contributed by atoms with Crippen LogP contribution >= 0.6 is 11.3 Å². The largest absolute Gasteiger partial charge is 0.503 e. The molecular weight excluding hydrogens is 308 g/mol. The minimum absolute atomic E-state index is 0.130. The van der Waals surface area contributed by atoms with Crippen molar-refractivity contribution in [2.75, 3.05) is 7.11 Å². The number of aliphatic carboxylic acids is 1. The van der Waals surface area contributed by atoms with Crippen molar-refractivity contribution in [1.82, 2.24) is 0 Å². The fourth-order valence-corrected chi connectivity index (χ4v) is 2.92. The van der Waals surface area contributed by atoms with E-state index in [0.29, 0.717) is 5.56 Å². The van der Waals surface area contributed by atoms with Crippen LogP contribution in [0.2, 0.25) is 0 Å². The number of aryl methyl sites for hydroxylation is 1. The van der Waals surface area contributed by atoms with Crippen LogP contribution in [-0.4, -0.2) is 18.2 Å². The van der Waals surface area contributed by atoms with Crippen molar-refractivity contribution in [1.29, 1.82) is 0 Å². The molecule has 0 amide bonds. The zero-order chi connectivity index (χ0) is 16.7. The molecule has 0 bridgehead atoms. The van der Waals surface area contributed by atoms with Crippen molar-refractivity contribution in [3.63, 3.8) is 0 Å². The Balaban J connectivity index is 2.25. The van der Waals surface area contributed by atoms with E-state index < -0.39 is 5.97 Å². The summed E-state index contributed by atoms with van der Waals surface area (Å²) in [6, 6.07) is 9.42. The zero-order valence-electron chi connectivity index (χ0n) is 13.0. The summed E-state index contributed by atoms with van der Waals surface area (Å²) in [6.07, 6.45) is 9.05. The number of rotatable bonds is 6. The number of ether oxygens (including phenoxy) is 1. The van der Waals surface area contributed by atoms with Crippen LogP contribution in [0, 0.1) is 6.92 Å². The molecule has 0 aliphatic rings. The molecule has 1 aromatic heterocycles. The van der Waals surface area contributed by atoms with Crippen molar-refractivity contribution in [3.05, 3.63) is 75.7 Å². The topological polar surface area (TPSA) is 46.5 Å². The van der Waals surface area contributed by atoms with Crippen molar-refractivity contribution < 1.29 is 14.6 Å². The summed E-state index contributed by atoms with van der Waals surface area (Å²) in [5.41, 5.74) is 2.83. The van der Waals surface area contributed by atoms with Gasteiger partial charge >= 0.3 is 5.97 Å². The van der Waals surface area contributed by atoms with E-state index in [4.69, 9.17) is 4.74 Å².